The van der Waals surface area contributed by atoms with Gasteiger partial charge in [-0.3, -0.25) is 0 Å². The highest BCUT2D eigenvalue weighted by Crippen LogP contribution is 2.28. The first-order chi connectivity index (χ1) is 9.60. The summed E-state index contributed by atoms with van der Waals surface area (Å²) < 4.78 is 40.4. The van der Waals surface area contributed by atoms with Gasteiger partial charge in [0.1, 0.15) is 0 Å². The van der Waals surface area contributed by atoms with Crippen LogP contribution in [0.25, 0.3) is 21.5 Å². The minimum absolute atomic E-state index is 0.116. The summed E-state index contributed by atoms with van der Waals surface area (Å²) in [7, 11) is 0. The highest BCUT2D eigenvalue weighted by molar-refractivity contribution is 5.98. The molecule has 0 fully saturated rings. The van der Waals surface area contributed by atoms with E-state index < -0.39 is 17.5 Å². The van der Waals surface area contributed by atoms with E-state index >= 15 is 0 Å². The fourth-order valence-electron chi connectivity index (χ4n) is 2.54. The summed E-state index contributed by atoms with van der Waals surface area (Å²) in [5, 5.41) is 2.22. The molecule has 3 heteroatoms. The molecule has 0 aliphatic heterocycles. The smallest absolute Gasteiger partial charge is 0.195 e. The molecule has 0 saturated heterocycles. The number of aryl methyl sites for hydroxylation is 1. The predicted molar refractivity (Wildman–Crippen MR) is 75.3 cm³/mol. The normalized spacial score (nSPS) is 11.4. The molecule has 0 nitrogen and oxygen atoms in total. The van der Waals surface area contributed by atoms with Crippen LogP contribution in [-0.2, 0) is 6.42 Å². The van der Waals surface area contributed by atoms with Gasteiger partial charge < -0.3 is 0 Å². The lowest BCUT2D eigenvalue weighted by molar-refractivity contribution is 0.453. The zero-order valence-electron chi connectivity index (χ0n) is 11.0. The zero-order chi connectivity index (χ0) is 14.3. The van der Waals surface area contributed by atoms with E-state index in [0.29, 0.717) is 5.39 Å². The summed E-state index contributed by atoms with van der Waals surface area (Å²) in [5.74, 6) is -3.69. The number of hydrogen-bond donors (Lipinski definition) is 0. The van der Waals surface area contributed by atoms with E-state index in [1.165, 1.54) is 0 Å². The van der Waals surface area contributed by atoms with Crippen molar-refractivity contribution >= 4 is 21.5 Å². The molecular weight excluding hydrogens is 261 g/mol. The molecule has 3 rings (SSSR count). The molecule has 0 radical (unpaired) electrons. The van der Waals surface area contributed by atoms with E-state index in [2.05, 4.69) is 6.92 Å². The molecule has 0 bridgehead atoms. The largest absolute Gasteiger partial charge is 0.204 e. The Morgan fingerprint density at radius 1 is 0.800 bits per heavy atom. The van der Waals surface area contributed by atoms with Crippen molar-refractivity contribution in [2.45, 2.75) is 19.8 Å². The fraction of sp³-hybridized carbons (Fsp3) is 0.176. The summed E-state index contributed by atoms with van der Waals surface area (Å²) in [5.41, 5.74) is 1.15. The van der Waals surface area contributed by atoms with Gasteiger partial charge in [0.15, 0.2) is 17.5 Å². The van der Waals surface area contributed by atoms with Gasteiger partial charge in [-0.2, -0.15) is 0 Å². The van der Waals surface area contributed by atoms with Gasteiger partial charge in [-0.25, -0.2) is 13.2 Å². The van der Waals surface area contributed by atoms with Gasteiger partial charge in [0, 0.05) is 5.39 Å². The van der Waals surface area contributed by atoms with Crippen molar-refractivity contribution in [3.8, 4) is 0 Å². The van der Waals surface area contributed by atoms with Crippen LogP contribution in [0.1, 0.15) is 18.9 Å². The first-order valence-electron chi connectivity index (χ1n) is 6.60. The molecule has 0 aliphatic carbocycles. The topological polar surface area (TPSA) is 0 Å². The Balaban J connectivity index is 2.32. The maximum Gasteiger partial charge on any atom is 0.195 e. The first kappa shape index (κ1) is 13.0. The quantitative estimate of drug-likeness (QED) is 0.435. The van der Waals surface area contributed by atoms with Crippen molar-refractivity contribution in [3.05, 3.63) is 59.4 Å². The molecule has 0 saturated carbocycles. The van der Waals surface area contributed by atoms with Gasteiger partial charge in [-0.15, -0.1) is 0 Å². The average molecular weight is 274 g/mol. The molecular formula is C17H13F3. The monoisotopic (exact) mass is 274 g/mol. The molecule has 0 aromatic heterocycles. The van der Waals surface area contributed by atoms with Crippen LogP contribution in [0.4, 0.5) is 13.2 Å². The fourth-order valence-corrected chi connectivity index (χ4v) is 2.54. The molecule has 0 atom stereocenters. The Morgan fingerprint density at radius 2 is 1.60 bits per heavy atom. The minimum atomic E-state index is -1.42. The number of benzene rings is 3. The van der Waals surface area contributed by atoms with Crippen LogP contribution in [-0.4, -0.2) is 0 Å². The predicted octanol–water partition coefficient (Wildman–Crippen LogP) is 5.36. The Hall–Kier alpha value is -2.03. The van der Waals surface area contributed by atoms with Gasteiger partial charge >= 0.3 is 0 Å². The third-order valence-electron chi connectivity index (χ3n) is 3.53. The second-order valence-electron chi connectivity index (χ2n) is 4.99. The maximum absolute atomic E-state index is 13.8. The average Bonchev–Trinajstić information content (AvgIpc) is 2.44. The third kappa shape index (κ3) is 2.03. The third-order valence-corrected chi connectivity index (χ3v) is 3.53. The van der Waals surface area contributed by atoms with Crippen LogP contribution < -0.4 is 0 Å². The number of halogens is 3. The highest BCUT2D eigenvalue weighted by Gasteiger charge is 2.14. The molecule has 0 N–H and O–H groups in total. The van der Waals surface area contributed by atoms with E-state index in [9.17, 15) is 13.2 Å². The summed E-state index contributed by atoms with van der Waals surface area (Å²) in [6.07, 6.45) is 1.96. The Bertz CT molecular complexity index is 806. The summed E-state index contributed by atoms with van der Waals surface area (Å²) >= 11 is 0. The molecule has 3 aromatic rings. The Morgan fingerprint density at radius 3 is 2.35 bits per heavy atom. The van der Waals surface area contributed by atoms with Crippen LogP contribution in [0, 0.1) is 17.5 Å². The minimum Gasteiger partial charge on any atom is -0.204 e. The van der Waals surface area contributed by atoms with Crippen LogP contribution >= 0.6 is 0 Å². The Labute approximate surface area is 114 Å². The lowest BCUT2D eigenvalue weighted by Gasteiger charge is -2.07. The zero-order valence-corrected chi connectivity index (χ0v) is 11.0. The second kappa shape index (κ2) is 4.82. The van der Waals surface area contributed by atoms with Gasteiger partial charge in [-0.05, 0) is 46.3 Å². The Kier molecular flexibility index (Phi) is 3.13. The lowest BCUT2D eigenvalue weighted by atomic mass is 10.00. The van der Waals surface area contributed by atoms with Crippen molar-refractivity contribution in [2.75, 3.05) is 0 Å². The van der Waals surface area contributed by atoms with Gasteiger partial charge in [0.2, 0.25) is 0 Å². The van der Waals surface area contributed by atoms with Crippen molar-refractivity contribution < 1.29 is 13.2 Å². The maximum atomic E-state index is 13.8. The van der Waals surface area contributed by atoms with Crippen LogP contribution in [0.3, 0.4) is 0 Å². The number of hydrogen-bond acceptors (Lipinski definition) is 0. The number of fused-ring (bicyclic) bond motifs is 2. The molecule has 0 heterocycles. The van der Waals surface area contributed by atoms with Crippen molar-refractivity contribution in [3.63, 3.8) is 0 Å². The van der Waals surface area contributed by atoms with Crippen molar-refractivity contribution in [2.24, 2.45) is 0 Å². The standard InChI is InChI=1S/C17H13F3/c1-2-3-10-4-5-11-7-13-9-15(18)17(20)16(19)14(13)8-12(11)6-10/h4-9H,2-3H2,1H3. The van der Waals surface area contributed by atoms with Crippen molar-refractivity contribution in [1.29, 1.82) is 0 Å². The van der Waals surface area contributed by atoms with Crippen molar-refractivity contribution in [1.82, 2.24) is 0 Å². The van der Waals surface area contributed by atoms with Gasteiger partial charge in [0.25, 0.3) is 0 Å². The molecule has 0 amide bonds. The SMILES string of the molecule is CCCc1ccc2cc3cc(F)c(F)c(F)c3cc2c1. The molecule has 0 aliphatic rings. The highest BCUT2D eigenvalue weighted by atomic mass is 19.2. The van der Waals surface area contributed by atoms with E-state index in [-0.39, 0.29) is 5.39 Å². The van der Waals surface area contributed by atoms with Gasteiger partial charge in [0.05, 0.1) is 0 Å². The van der Waals surface area contributed by atoms with Crippen LogP contribution in [0.15, 0.2) is 36.4 Å². The van der Waals surface area contributed by atoms with Crippen LogP contribution in [0.2, 0.25) is 0 Å². The first-order valence-corrected chi connectivity index (χ1v) is 6.60. The van der Waals surface area contributed by atoms with E-state index in [4.69, 9.17) is 0 Å². The molecule has 20 heavy (non-hydrogen) atoms. The molecule has 0 spiro atoms. The van der Waals surface area contributed by atoms with E-state index in [1.54, 1.807) is 12.1 Å². The van der Waals surface area contributed by atoms with Crippen LogP contribution in [0.5, 0.6) is 0 Å². The summed E-state index contributed by atoms with van der Waals surface area (Å²) in [6.45, 7) is 2.09. The lowest BCUT2D eigenvalue weighted by Crippen LogP contribution is -1.92. The number of rotatable bonds is 2. The summed E-state index contributed by atoms with van der Waals surface area (Å²) in [6, 6.07) is 10.2. The molecule has 3 aromatic carbocycles. The van der Waals surface area contributed by atoms with E-state index in [0.717, 1.165) is 35.2 Å². The summed E-state index contributed by atoms with van der Waals surface area (Å²) in [4.78, 5) is 0. The second-order valence-corrected chi connectivity index (χ2v) is 4.99. The molecule has 0 unspecified atom stereocenters. The van der Waals surface area contributed by atoms with Gasteiger partial charge in [-0.1, -0.05) is 31.5 Å². The van der Waals surface area contributed by atoms with E-state index in [1.807, 2.05) is 18.2 Å². The molecule has 102 valence electrons.